The van der Waals surface area contributed by atoms with Crippen molar-refractivity contribution in [3.63, 3.8) is 0 Å². The summed E-state index contributed by atoms with van der Waals surface area (Å²) >= 11 is 0. The zero-order valence-electron chi connectivity index (χ0n) is 28.3. The van der Waals surface area contributed by atoms with Crippen LogP contribution in [0.1, 0.15) is 168 Å². The van der Waals surface area contributed by atoms with Crippen molar-refractivity contribution in [2.75, 3.05) is 13.2 Å². The molecule has 1 aliphatic rings. The molecule has 0 aliphatic carbocycles. The third kappa shape index (κ3) is 22.0. The highest BCUT2D eigenvalue weighted by Crippen LogP contribution is 2.26. The van der Waals surface area contributed by atoms with Crippen LogP contribution in [0.4, 0.5) is 0 Å². The van der Waals surface area contributed by atoms with Gasteiger partial charge >= 0.3 is 22.3 Å². The van der Waals surface area contributed by atoms with E-state index in [0.29, 0.717) is 12.8 Å². The summed E-state index contributed by atoms with van der Waals surface area (Å²) in [6, 6.07) is 0. The molecule has 4 atom stereocenters. The number of carbonyl (C=O) groups excluding carboxylic acids is 2. The van der Waals surface area contributed by atoms with Gasteiger partial charge in [0.25, 0.3) is 0 Å². The van der Waals surface area contributed by atoms with E-state index in [-0.39, 0.29) is 19.4 Å². The monoisotopic (exact) mass is 664 g/mol. The Labute approximate surface area is 273 Å². The summed E-state index contributed by atoms with van der Waals surface area (Å²) in [7, 11) is -4.98. The van der Waals surface area contributed by atoms with Crippen molar-refractivity contribution in [2.24, 2.45) is 0 Å². The number of hydrogen-bond donors (Lipinski definition) is 2. The molecule has 0 saturated carbocycles. The third-order valence-corrected chi connectivity index (χ3v) is 8.93. The van der Waals surface area contributed by atoms with Gasteiger partial charge in [-0.05, 0) is 12.8 Å². The van der Waals surface area contributed by atoms with E-state index >= 15 is 0 Å². The van der Waals surface area contributed by atoms with Gasteiger partial charge in [0, 0.05) is 12.8 Å². The Morgan fingerprint density at radius 1 is 0.622 bits per heavy atom. The molecule has 2 N–H and O–H groups in total. The van der Waals surface area contributed by atoms with Gasteiger partial charge in [-0.25, -0.2) is 4.18 Å². The summed E-state index contributed by atoms with van der Waals surface area (Å²) in [5.74, 6) is -1.11. The Morgan fingerprint density at radius 3 is 1.38 bits per heavy atom. The van der Waals surface area contributed by atoms with E-state index in [9.17, 15) is 27.7 Å². The minimum Gasteiger partial charge on any atom is -0.456 e. The third-order valence-electron chi connectivity index (χ3n) is 8.46. The first-order valence-electron chi connectivity index (χ1n) is 18.0. The minimum absolute atomic E-state index is 0.107. The van der Waals surface area contributed by atoms with E-state index in [1.54, 1.807) is 0 Å². The van der Waals surface area contributed by atoms with Crippen LogP contribution in [0.3, 0.4) is 0 Å². The van der Waals surface area contributed by atoms with E-state index < -0.39 is 53.4 Å². The van der Waals surface area contributed by atoms with Gasteiger partial charge in [0.2, 0.25) is 0 Å². The average molecular weight is 665 g/mol. The van der Waals surface area contributed by atoms with Gasteiger partial charge < -0.3 is 19.3 Å². The summed E-state index contributed by atoms with van der Waals surface area (Å²) < 4.78 is 53.9. The average Bonchev–Trinajstić information content (AvgIpc) is 2.99. The lowest BCUT2D eigenvalue weighted by Gasteiger charge is -2.39. The minimum atomic E-state index is -4.98. The molecule has 10 nitrogen and oxygen atoms in total. The summed E-state index contributed by atoms with van der Waals surface area (Å²) in [5.41, 5.74) is 0. The predicted octanol–water partition coefficient (Wildman–Crippen LogP) is 7.79. The standard InChI is InChI=1S/C34H64O10S/c1-3-5-7-9-11-13-15-17-19-21-23-25-31(36)42-30-28-41-29(27-35)34(44-45(38,39)40)33(30)43-32(37)26-24-22-20-18-16-14-12-10-8-6-4-2/h29-30,33-35H,3-28H2,1-2H3,(H,38,39,40)/t29-,30+,33-,34-/m1/s1. The fourth-order valence-corrected chi connectivity index (χ4v) is 6.31. The molecule has 0 aromatic carbocycles. The molecule has 0 aromatic rings. The number of carbonyl (C=O) groups is 2. The molecular formula is C34H64O10S. The number of ether oxygens (including phenoxy) is 3. The lowest BCUT2D eigenvalue weighted by Crippen LogP contribution is -2.58. The van der Waals surface area contributed by atoms with Crippen molar-refractivity contribution in [3.8, 4) is 0 Å². The van der Waals surface area contributed by atoms with Gasteiger partial charge in [0.15, 0.2) is 12.2 Å². The first-order valence-corrected chi connectivity index (χ1v) is 19.3. The van der Waals surface area contributed by atoms with Crippen LogP contribution in [0.15, 0.2) is 0 Å². The molecule has 0 bridgehead atoms. The molecule has 0 radical (unpaired) electrons. The van der Waals surface area contributed by atoms with E-state index in [2.05, 4.69) is 13.8 Å². The number of aliphatic hydroxyl groups is 1. The Hall–Kier alpha value is -1.27. The van der Waals surface area contributed by atoms with Crippen LogP contribution >= 0.6 is 0 Å². The maximum absolute atomic E-state index is 12.8. The second-order valence-corrected chi connectivity index (χ2v) is 13.6. The summed E-state index contributed by atoms with van der Waals surface area (Å²) in [4.78, 5) is 25.4. The maximum Gasteiger partial charge on any atom is 0.397 e. The predicted molar refractivity (Wildman–Crippen MR) is 175 cm³/mol. The first-order chi connectivity index (χ1) is 21.7. The van der Waals surface area contributed by atoms with Crippen LogP contribution in [0.2, 0.25) is 0 Å². The van der Waals surface area contributed by atoms with Crippen molar-refractivity contribution < 1.29 is 46.1 Å². The summed E-state index contributed by atoms with van der Waals surface area (Å²) in [6.07, 6.45) is 20.0. The normalized spacial score (nSPS) is 20.3. The highest BCUT2D eigenvalue weighted by atomic mass is 32.3. The SMILES string of the molecule is CCCCCCCCCCCCCC(=O)O[C@H]1[C@H](OS(=O)(=O)O)[C@@H](CO)OC[C@@H]1OC(=O)CCCCCCCCCCCCC. The largest absolute Gasteiger partial charge is 0.456 e. The van der Waals surface area contributed by atoms with Gasteiger partial charge in [-0.3, -0.25) is 14.1 Å². The van der Waals surface area contributed by atoms with Crippen molar-refractivity contribution in [1.82, 2.24) is 0 Å². The number of esters is 2. The Bertz CT molecular complexity index is 850. The number of unbranched alkanes of at least 4 members (excludes halogenated alkanes) is 20. The van der Waals surface area contributed by atoms with E-state index in [1.165, 1.54) is 89.9 Å². The Balaban J connectivity index is 2.49. The zero-order chi connectivity index (χ0) is 33.2. The van der Waals surface area contributed by atoms with Crippen molar-refractivity contribution in [2.45, 2.75) is 192 Å². The van der Waals surface area contributed by atoms with Crippen molar-refractivity contribution in [1.29, 1.82) is 0 Å². The molecule has 0 aromatic heterocycles. The molecule has 0 spiro atoms. The molecule has 1 saturated heterocycles. The van der Waals surface area contributed by atoms with E-state index in [1.807, 2.05) is 0 Å². The maximum atomic E-state index is 12.8. The van der Waals surface area contributed by atoms with Crippen LogP contribution in [0.5, 0.6) is 0 Å². The molecule has 1 heterocycles. The molecular weight excluding hydrogens is 600 g/mol. The first kappa shape index (κ1) is 41.8. The van der Waals surface area contributed by atoms with Crippen LogP contribution in [0.25, 0.3) is 0 Å². The molecule has 0 unspecified atom stereocenters. The second kappa shape index (κ2) is 26.8. The molecule has 0 amide bonds. The lowest BCUT2D eigenvalue weighted by molar-refractivity contribution is -0.218. The van der Waals surface area contributed by atoms with Crippen LogP contribution in [0, 0.1) is 0 Å². The molecule has 1 fully saturated rings. The fraction of sp³-hybridized carbons (Fsp3) is 0.941. The van der Waals surface area contributed by atoms with E-state index in [0.717, 1.165) is 38.5 Å². The van der Waals surface area contributed by atoms with Gasteiger partial charge in [-0.1, -0.05) is 142 Å². The molecule has 266 valence electrons. The lowest BCUT2D eigenvalue weighted by atomic mass is 9.99. The van der Waals surface area contributed by atoms with Crippen molar-refractivity contribution in [3.05, 3.63) is 0 Å². The second-order valence-electron chi connectivity index (χ2n) is 12.6. The van der Waals surface area contributed by atoms with Gasteiger partial charge in [-0.2, -0.15) is 8.42 Å². The van der Waals surface area contributed by atoms with Crippen molar-refractivity contribution >= 4 is 22.3 Å². The fourth-order valence-electron chi connectivity index (χ4n) is 5.79. The Morgan fingerprint density at radius 2 is 1.00 bits per heavy atom. The summed E-state index contributed by atoms with van der Waals surface area (Å²) in [5, 5.41) is 9.73. The van der Waals surface area contributed by atoms with Gasteiger partial charge in [0.1, 0.15) is 12.2 Å². The van der Waals surface area contributed by atoms with Crippen LogP contribution < -0.4 is 0 Å². The molecule has 45 heavy (non-hydrogen) atoms. The highest BCUT2D eigenvalue weighted by molar-refractivity contribution is 7.80. The zero-order valence-corrected chi connectivity index (χ0v) is 29.1. The topological polar surface area (TPSA) is 146 Å². The quantitative estimate of drug-likeness (QED) is 0.0461. The number of hydrogen-bond acceptors (Lipinski definition) is 9. The van der Waals surface area contributed by atoms with Crippen LogP contribution in [-0.4, -0.2) is 67.6 Å². The molecule has 1 rings (SSSR count). The number of aliphatic hydroxyl groups excluding tert-OH is 1. The molecule has 11 heteroatoms. The highest BCUT2D eigenvalue weighted by Gasteiger charge is 2.47. The molecule has 1 aliphatic heterocycles. The van der Waals surface area contributed by atoms with Gasteiger partial charge in [0.05, 0.1) is 13.2 Å². The Kier molecular flexibility index (Phi) is 24.8. The smallest absolute Gasteiger partial charge is 0.397 e. The number of rotatable bonds is 29. The van der Waals surface area contributed by atoms with Crippen LogP contribution in [-0.2, 0) is 38.4 Å². The summed E-state index contributed by atoms with van der Waals surface area (Å²) in [6.45, 7) is 3.57. The van der Waals surface area contributed by atoms with Gasteiger partial charge in [-0.15, -0.1) is 0 Å². The van der Waals surface area contributed by atoms with E-state index in [4.69, 9.17) is 18.4 Å².